The van der Waals surface area contributed by atoms with E-state index in [1.54, 1.807) is 43.3 Å². The van der Waals surface area contributed by atoms with Crippen molar-refractivity contribution in [1.82, 2.24) is 5.32 Å². The first kappa shape index (κ1) is 15.8. The number of ether oxygens (including phenoxy) is 1. The van der Waals surface area contributed by atoms with Crippen molar-refractivity contribution in [2.75, 3.05) is 11.9 Å². The van der Waals surface area contributed by atoms with Gasteiger partial charge >= 0.3 is 6.03 Å². The van der Waals surface area contributed by atoms with Crippen LogP contribution in [0, 0.1) is 12.7 Å². The molecule has 4 nitrogen and oxygen atoms in total. The van der Waals surface area contributed by atoms with Crippen LogP contribution in [0.1, 0.15) is 18.1 Å². The van der Waals surface area contributed by atoms with Crippen molar-refractivity contribution in [3.63, 3.8) is 0 Å². The Morgan fingerprint density at radius 2 is 1.91 bits per heavy atom. The third-order valence-corrected chi connectivity index (χ3v) is 3.11. The van der Waals surface area contributed by atoms with Crippen molar-refractivity contribution < 1.29 is 13.9 Å². The second kappa shape index (κ2) is 7.45. The number of hydrogen-bond donors (Lipinski definition) is 2. The van der Waals surface area contributed by atoms with Gasteiger partial charge in [0.15, 0.2) is 0 Å². The SMILES string of the molecule is CCOc1ccc(NC(=O)NCc2ccc(C)c(F)c2)cc1. The highest BCUT2D eigenvalue weighted by atomic mass is 19.1. The molecule has 0 aromatic heterocycles. The number of nitrogens with one attached hydrogen (secondary N) is 2. The molecule has 2 aromatic rings. The molecule has 0 saturated heterocycles. The molecule has 0 aliphatic rings. The van der Waals surface area contributed by atoms with Gasteiger partial charge in [-0.1, -0.05) is 12.1 Å². The number of hydrogen-bond acceptors (Lipinski definition) is 2. The van der Waals surface area contributed by atoms with E-state index in [1.807, 2.05) is 6.92 Å². The summed E-state index contributed by atoms with van der Waals surface area (Å²) < 4.78 is 18.7. The fraction of sp³-hybridized carbons (Fsp3) is 0.235. The Morgan fingerprint density at radius 1 is 1.18 bits per heavy atom. The molecule has 0 atom stereocenters. The van der Waals surface area contributed by atoms with E-state index in [1.165, 1.54) is 6.07 Å². The van der Waals surface area contributed by atoms with Crippen LogP contribution in [-0.2, 0) is 6.54 Å². The first-order valence-corrected chi connectivity index (χ1v) is 7.11. The maximum atomic E-state index is 13.4. The summed E-state index contributed by atoms with van der Waals surface area (Å²) in [7, 11) is 0. The first-order valence-electron chi connectivity index (χ1n) is 7.11. The van der Waals surface area contributed by atoms with Crippen LogP contribution >= 0.6 is 0 Å². The van der Waals surface area contributed by atoms with Gasteiger partial charge < -0.3 is 15.4 Å². The first-order chi connectivity index (χ1) is 10.6. The summed E-state index contributed by atoms with van der Waals surface area (Å²) in [4.78, 5) is 11.8. The number of benzene rings is 2. The predicted octanol–water partition coefficient (Wildman–Crippen LogP) is 3.85. The molecule has 0 aliphatic carbocycles. The molecule has 22 heavy (non-hydrogen) atoms. The molecule has 2 aromatic carbocycles. The monoisotopic (exact) mass is 302 g/mol. The summed E-state index contributed by atoms with van der Waals surface area (Å²) in [5.74, 6) is 0.481. The van der Waals surface area contributed by atoms with Gasteiger partial charge in [-0.05, 0) is 55.3 Å². The van der Waals surface area contributed by atoms with Gasteiger partial charge in [-0.2, -0.15) is 0 Å². The number of halogens is 1. The lowest BCUT2D eigenvalue weighted by Crippen LogP contribution is -2.28. The van der Waals surface area contributed by atoms with Gasteiger partial charge in [0.05, 0.1) is 6.61 Å². The van der Waals surface area contributed by atoms with Gasteiger partial charge in [-0.3, -0.25) is 0 Å². The zero-order valence-corrected chi connectivity index (χ0v) is 12.7. The minimum atomic E-state index is -0.342. The van der Waals surface area contributed by atoms with Crippen molar-refractivity contribution in [3.8, 4) is 5.75 Å². The van der Waals surface area contributed by atoms with Crippen molar-refractivity contribution in [2.24, 2.45) is 0 Å². The zero-order chi connectivity index (χ0) is 15.9. The van der Waals surface area contributed by atoms with Gasteiger partial charge in [-0.25, -0.2) is 9.18 Å². The average Bonchev–Trinajstić information content (AvgIpc) is 2.51. The lowest BCUT2D eigenvalue weighted by Gasteiger charge is -2.09. The van der Waals surface area contributed by atoms with E-state index in [9.17, 15) is 9.18 Å². The number of amides is 2. The van der Waals surface area contributed by atoms with Crippen LogP contribution in [0.2, 0.25) is 0 Å². The average molecular weight is 302 g/mol. The molecular weight excluding hydrogens is 283 g/mol. The lowest BCUT2D eigenvalue weighted by molar-refractivity contribution is 0.251. The summed E-state index contributed by atoms with van der Waals surface area (Å²) in [5, 5.41) is 5.39. The minimum absolute atomic E-state index is 0.264. The molecule has 2 rings (SSSR count). The highest BCUT2D eigenvalue weighted by Crippen LogP contribution is 2.15. The van der Waals surface area contributed by atoms with Gasteiger partial charge in [-0.15, -0.1) is 0 Å². The van der Waals surface area contributed by atoms with Crippen molar-refractivity contribution in [2.45, 2.75) is 20.4 Å². The van der Waals surface area contributed by atoms with Gasteiger partial charge in [0.25, 0.3) is 0 Å². The van der Waals surface area contributed by atoms with E-state index in [2.05, 4.69) is 10.6 Å². The van der Waals surface area contributed by atoms with E-state index in [4.69, 9.17) is 4.74 Å². The number of aryl methyl sites for hydroxylation is 1. The Morgan fingerprint density at radius 3 is 2.55 bits per heavy atom. The summed E-state index contributed by atoms with van der Waals surface area (Å²) in [6, 6.07) is 11.7. The Kier molecular flexibility index (Phi) is 5.36. The molecule has 0 heterocycles. The Labute approximate surface area is 129 Å². The molecule has 2 N–H and O–H groups in total. The maximum Gasteiger partial charge on any atom is 0.319 e. The van der Waals surface area contributed by atoms with Crippen LogP contribution in [0.4, 0.5) is 14.9 Å². The molecule has 0 radical (unpaired) electrons. The largest absolute Gasteiger partial charge is 0.494 e. The molecule has 0 unspecified atom stereocenters. The Hall–Kier alpha value is -2.56. The summed E-state index contributed by atoms with van der Waals surface area (Å²) in [5.41, 5.74) is 1.96. The van der Waals surface area contributed by atoms with E-state index in [0.717, 1.165) is 5.75 Å². The van der Waals surface area contributed by atoms with Gasteiger partial charge in [0, 0.05) is 12.2 Å². The minimum Gasteiger partial charge on any atom is -0.494 e. The molecule has 0 fully saturated rings. The maximum absolute atomic E-state index is 13.4. The number of carbonyl (C=O) groups is 1. The smallest absolute Gasteiger partial charge is 0.319 e. The molecule has 116 valence electrons. The molecule has 5 heteroatoms. The highest BCUT2D eigenvalue weighted by Gasteiger charge is 2.04. The van der Waals surface area contributed by atoms with Crippen LogP contribution in [0.3, 0.4) is 0 Å². The van der Waals surface area contributed by atoms with E-state index in [0.29, 0.717) is 23.4 Å². The standard InChI is InChI=1S/C17H19FN2O2/c1-3-22-15-8-6-14(7-9-15)20-17(21)19-11-13-5-4-12(2)16(18)10-13/h4-10H,3,11H2,1-2H3,(H2,19,20,21). The van der Waals surface area contributed by atoms with E-state index < -0.39 is 0 Å². The molecule has 2 amide bonds. The van der Waals surface area contributed by atoms with Crippen molar-refractivity contribution >= 4 is 11.7 Å². The van der Waals surface area contributed by atoms with Gasteiger partial charge in [0.2, 0.25) is 0 Å². The molecule has 0 saturated carbocycles. The number of carbonyl (C=O) groups excluding carboxylic acids is 1. The number of anilines is 1. The molecular formula is C17H19FN2O2. The van der Waals surface area contributed by atoms with Crippen LogP contribution in [0.5, 0.6) is 5.75 Å². The quantitative estimate of drug-likeness (QED) is 0.881. The van der Waals surface area contributed by atoms with Crippen LogP contribution in [0.15, 0.2) is 42.5 Å². The summed E-state index contributed by atoms with van der Waals surface area (Å²) in [6.07, 6.45) is 0. The predicted molar refractivity (Wildman–Crippen MR) is 84.6 cm³/mol. The zero-order valence-electron chi connectivity index (χ0n) is 12.7. The lowest BCUT2D eigenvalue weighted by atomic mass is 10.1. The third kappa shape index (κ3) is 4.48. The Balaban J connectivity index is 1.85. The van der Waals surface area contributed by atoms with E-state index >= 15 is 0 Å². The topological polar surface area (TPSA) is 50.4 Å². The Bertz CT molecular complexity index is 642. The molecule has 0 bridgehead atoms. The van der Waals surface area contributed by atoms with Crippen molar-refractivity contribution in [3.05, 3.63) is 59.4 Å². The summed E-state index contributed by atoms with van der Waals surface area (Å²) in [6.45, 7) is 4.47. The fourth-order valence-electron chi connectivity index (χ4n) is 1.91. The van der Waals surface area contributed by atoms with Crippen LogP contribution < -0.4 is 15.4 Å². The normalized spacial score (nSPS) is 10.1. The highest BCUT2D eigenvalue weighted by molar-refractivity contribution is 5.89. The summed E-state index contributed by atoms with van der Waals surface area (Å²) >= 11 is 0. The van der Waals surface area contributed by atoms with E-state index in [-0.39, 0.29) is 18.4 Å². The number of urea groups is 1. The number of rotatable bonds is 5. The molecule has 0 aliphatic heterocycles. The van der Waals surface area contributed by atoms with Crippen molar-refractivity contribution in [1.29, 1.82) is 0 Å². The van der Waals surface area contributed by atoms with Crippen LogP contribution in [0.25, 0.3) is 0 Å². The van der Waals surface area contributed by atoms with Crippen LogP contribution in [-0.4, -0.2) is 12.6 Å². The third-order valence-electron chi connectivity index (χ3n) is 3.11. The second-order valence-corrected chi connectivity index (χ2v) is 4.85. The fourth-order valence-corrected chi connectivity index (χ4v) is 1.91. The second-order valence-electron chi connectivity index (χ2n) is 4.85. The molecule has 0 spiro atoms. The van der Waals surface area contributed by atoms with Gasteiger partial charge in [0.1, 0.15) is 11.6 Å².